The molecule has 0 fully saturated rings. The zero-order chi connectivity index (χ0) is 32.3. The van der Waals surface area contributed by atoms with E-state index in [-0.39, 0.29) is 13.2 Å². The van der Waals surface area contributed by atoms with E-state index in [1.54, 1.807) is 0 Å². The molecule has 0 bridgehead atoms. The van der Waals surface area contributed by atoms with Crippen molar-refractivity contribution in [2.75, 3.05) is 52.5 Å². The van der Waals surface area contributed by atoms with Crippen LogP contribution in [-0.4, -0.2) is 91.1 Å². The van der Waals surface area contributed by atoms with Crippen molar-refractivity contribution in [2.24, 2.45) is 11.5 Å². The fourth-order valence-electron chi connectivity index (χ4n) is 5.39. The highest BCUT2D eigenvalue weighted by molar-refractivity contribution is 6.90. The van der Waals surface area contributed by atoms with Crippen molar-refractivity contribution in [3.05, 3.63) is 48.5 Å². The van der Waals surface area contributed by atoms with Crippen molar-refractivity contribution in [3.63, 3.8) is 0 Å². The summed E-state index contributed by atoms with van der Waals surface area (Å²) in [5, 5.41) is 29.3. The van der Waals surface area contributed by atoms with E-state index in [9.17, 15) is 10.2 Å². The highest BCUT2D eigenvalue weighted by atomic mass is 28.3. The second-order valence-corrected chi connectivity index (χ2v) is 23.1. The minimum absolute atomic E-state index is 0.281. The lowest BCUT2D eigenvalue weighted by Crippen LogP contribution is -2.41. The monoisotopic (exact) mass is 646 g/mol. The first kappa shape index (κ1) is 38.4. The Bertz CT molecular complexity index is 962. The van der Waals surface area contributed by atoms with Gasteiger partial charge in [0.25, 0.3) is 0 Å². The largest absolute Gasteiger partial charge is 0.491 e. The summed E-state index contributed by atoms with van der Waals surface area (Å²) in [6.45, 7) is 13.9. The first-order valence-corrected chi connectivity index (χ1v) is 23.1. The van der Waals surface area contributed by atoms with E-state index in [2.05, 4.69) is 73.2 Å². The van der Waals surface area contributed by atoms with Crippen LogP contribution in [0, 0.1) is 0 Å². The lowest BCUT2D eigenvalue weighted by molar-refractivity contribution is 0.107. The molecule has 2 rings (SSSR count). The molecule has 0 aliphatic rings. The number of rotatable bonds is 25. The molecule has 0 amide bonds. The summed E-state index contributed by atoms with van der Waals surface area (Å²) in [5.74, 6) is 1.69. The number of hydrogen-bond donors (Lipinski definition) is 6. The number of nitrogens with two attached hydrogens (primary N) is 2. The van der Waals surface area contributed by atoms with Crippen LogP contribution in [0.15, 0.2) is 48.5 Å². The Kier molecular flexibility index (Phi) is 18.4. The standard InChI is InChI=1S/C34H62N4O4Si2/c1-43(2,33-15-11-13-31(23-33)41-27-29(39)25-37-19-17-35)21-9-7-5-6-8-10-22-44(3,4)34-16-12-14-32(24-34)42-28-30(40)26-38-20-18-36/h11-16,23-24,29-30,37-40H,5-10,17-22,25-28,35-36H2,1-4H3. The third kappa shape index (κ3) is 15.5. The molecule has 2 aromatic carbocycles. The SMILES string of the molecule is C[Si](C)(CCCCCCCC[Si](C)(C)c1cccc(OCC(O)CNCCN)c1)c1cccc(OCC(O)CNCCN)c1. The smallest absolute Gasteiger partial charge is 0.119 e. The Morgan fingerprint density at radius 2 is 1.02 bits per heavy atom. The maximum atomic E-state index is 10.1. The molecule has 2 aromatic rings. The molecule has 10 heteroatoms. The Labute approximate surface area is 269 Å². The van der Waals surface area contributed by atoms with Gasteiger partial charge in [0, 0.05) is 39.3 Å². The number of aliphatic hydroxyl groups excluding tert-OH is 2. The van der Waals surface area contributed by atoms with E-state index in [0.717, 1.165) is 11.5 Å². The first-order chi connectivity index (χ1) is 21.1. The number of nitrogens with one attached hydrogen (secondary N) is 2. The summed E-state index contributed by atoms with van der Waals surface area (Å²) in [4.78, 5) is 0. The molecule has 0 saturated heterocycles. The third-order valence-electron chi connectivity index (χ3n) is 8.37. The van der Waals surface area contributed by atoms with Crippen LogP contribution in [0.2, 0.25) is 38.3 Å². The van der Waals surface area contributed by atoms with Gasteiger partial charge in [-0.1, -0.05) is 111 Å². The highest BCUT2D eigenvalue weighted by Gasteiger charge is 2.24. The predicted octanol–water partition coefficient (Wildman–Crippen LogP) is 3.13. The topological polar surface area (TPSA) is 135 Å². The van der Waals surface area contributed by atoms with Gasteiger partial charge in [0.2, 0.25) is 0 Å². The molecule has 44 heavy (non-hydrogen) atoms. The van der Waals surface area contributed by atoms with Crippen molar-refractivity contribution in [3.8, 4) is 11.5 Å². The van der Waals surface area contributed by atoms with E-state index < -0.39 is 28.4 Å². The van der Waals surface area contributed by atoms with E-state index in [4.69, 9.17) is 20.9 Å². The Morgan fingerprint density at radius 3 is 1.41 bits per heavy atom. The lowest BCUT2D eigenvalue weighted by Gasteiger charge is -2.24. The molecular weight excluding hydrogens is 585 g/mol. The number of hydrogen-bond acceptors (Lipinski definition) is 8. The second kappa shape index (κ2) is 21.1. The highest BCUT2D eigenvalue weighted by Crippen LogP contribution is 2.21. The van der Waals surface area contributed by atoms with E-state index >= 15 is 0 Å². The number of ether oxygens (including phenoxy) is 2. The molecule has 8 nitrogen and oxygen atoms in total. The van der Waals surface area contributed by atoms with Crippen LogP contribution in [-0.2, 0) is 0 Å². The molecule has 0 saturated carbocycles. The zero-order valence-corrected chi connectivity index (χ0v) is 30.0. The fourth-order valence-corrected chi connectivity index (χ4v) is 10.4. The summed E-state index contributed by atoms with van der Waals surface area (Å²) >= 11 is 0. The first-order valence-electron chi connectivity index (χ1n) is 16.7. The normalized spacial score (nSPS) is 13.5. The summed E-state index contributed by atoms with van der Waals surface area (Å²) < 4.78 is 11.8. The molecule has 8 N–H and O–H groups in total. The van der Waals surface area contributed by atoms with Gasteiger partial charge in [-0.3, -0.25) is 0 Å². The fraction of sp³-hybridized carbons (Fsp3) is 0.647. The molecule has 0 aliphatic carbocycles. The van der Waals surface area contributed by atoms with Crippen molar-refractivity contribution < 1.29 is 19.7 Å². The number of aliphatic hydroxyl groups is 2. The van der Waals surface area contributed by atoms with Crippen LogP contribution in [0.5, 0.6) is 11.5 Å². The van der Waals surface area contributed by atoms with Crippen LogP contribution >= 0.6 is 0 Å². The predicted molar refractivity (Wildman–Crippen MR) is 191 cm³/mol. The summed E-state index contributed by atoms with van der Waals surface area (Å²) in [6.07, 6.45) is 6.66. The molecule has 0 aromatic heterocycles. The molecule has 250 valence electrons. The van der Waals surface area contributed by atoms with Gasteiger partial charge in [0.1, 0.15) is 36.9 Å². The zero-order valence-electron chi connectivity index (χ0n) is 28.0. The lowest BCUT2D eigenvalue weighted by atomic mass is 10.1. The molecule has 2 unspecified atom stereocenters. The van der Waals surface area contributed by atoms with Crippen molar-refractivity contribution in [1.29, 1.82) is 0 Å². The third-order valence-corrected chi connectivity index (χ3v) is 15.3. The van der Waals surface area contributed by atoms with E-state index in [0.29, 0.717) is 39.3 Å². The number of unbranched alkanes of at least 4 members (excludes halogenated alkanes) is 5. The van der Waals surface area contributed by atoms with Gasteiger partial charge in [-0.05, 0) is 24.3 Å². The Balaban J connectivity index is 1.66. The maximum Gasteiger partial charge on any atom is 0.119 e. The summed E-state index contributed by atoms with van der Waals surface area (Å²) in [7, 11) is -3.10. The van der Waals surface area contributed by atoms with Gasteiger partial charge in [0.05, 0.1) is 16.1 Å². The molecule has 0 aliphatic heterocycles. The molecular formula is C34H62N4O4Si2. The van der Waals surface area contributed by atoms with Gasteiger partial charge >= 0.3 is 0 Å². The minimum Gasteiger partial charge on any atom is -0.491 e. The van der Waals surface area contributed by atoms with Crippen LogP contribution < -0.4 is 41.9 Å². The summed E-state index contributed by atoms with van der Waals surface area (Å²) in [6, 6.07) is 19.6. The van der Waals surface area contributed by atoms with Crippen molar-refractivity contribution in [1.82, 2.24) is 10.6 Å². The van der Waals surface area contributed by atoms with Crippen LogP contribution in [0.3, 0.4) is 0 Å². The van der Waals surface area contributed by atoms with Crippen LogP contribution in [0.1, 0.15) is 38.5 Å². The Morgan fingerprint density at radius 1 is 0.636 bits per heavy atom. The average molecular weight is 647 g/mol. The van der Waals surface area contributed by atoms with Gasteiger partial charge in [0.15, 0.2) is 0 Å². The van der Waals surface area contributed by atoms with Crippen molar-refractivity contribution >= 4 is 26.5 Å². The number of benzene rings is 2. The van der Waals surface area contributed by atoms with E-state index in [1.807, 2.05) is 12.1 Å². The molecule has 2 atom stereocenters. The second-order valence-electron chi connectivity index (χ2n) is 13.4. The average Bonchev–Trinajstić information content (AvgIpc) is 3.01. The molecule has 0 heterocycles. The van der Waals surface area contributed by atoms with Gasteiger partial charge in [-0.2, -0.15) is 0 Å². The van der Waals surface area contributed by atoms with Gasteiger partial charge < -0.3 is 41.8 Å². The van der Waals surface area contributed by atoms with Gasteiger partial charge in [-0.15, -0.1) is 0 Å². The molecule has 0 spiro atoms. The maximum absolute atomic E-state index is 10.1. The quantitative estimate of drug-likeness (QED) is 0.0716. The van der Waals surface area contributed by atoms with E-state index in [1.165, 1.54) is 61.0 Å². The minimum atomic E-state index is -1.55. The van der Waals surface area contributed by atoms with Gasteiger partial charge in [-0.25, -0.2) is 0 Å². The molecule has 0 radical (unpaired) electrons. The Hall–Kier alpha value is -1.77. The van der Waals surface area contributed by atoms with Crippen LogP contribution in [0.4, 0.5) is 0 Å². The van der Waals surface area contributed by atoms with Crippen molar-refractivity contribution in [2.45, 2.75) is 89.0 Å². The summed E-state index contributed by atoms with van der Waals surface area (Å²) in [5.41, 5.74) is 11.0. The van der Waals surface area contributed by atoms with Crippen LogP contribution in [0.25, 0.3) is 0 Å².